The molecule has 1 aromatic carbocycles. The van der Waals surface area contributed by atoms with Gasteiger partial charge in [-0.25, -0.2) is 4.98 Å². The fourth-order valence-corrected chi connectivity index (χ4v) is 2.46. The van der Waals surface area contributed by atoms with Gasteiger partial charge in [-0.05, 0) is 45.0 Å². The Morgan fingerprint density at radius 3 is 2.48 bits per heavy atom. The topological polar surface area (TPSA) is 134 Å². The fraction of sp³-hybridized carbons (Fsp3) is 0.211. The summed E-state index contributed by atoms with van der Waals surface area (Å²) in [5, 5.41) is 9.96. The predicted octanol–water partition coefficient (Wildman–Crippen LogP) is 2.22. The molecule has 1 atom stereocenters. The number of para-hydroxylation sites is 1. The fourth-order valence-electron chi connectivity index (χ4n) is 2.46. The van der Waals surface area contributed by atoms with Gasteiger partial charge in [0.25, 0.3) is 5.91 Å². The van der Waals surface area contributed by atoms with Gasteiger partial charge in [0, 0.05) is 24.7 Å². The number of carbonyl (C=O) groups excluding carboxylic acids is 1. The van der Waals surface area contributed by atoms with Crippen LogP contribution in [-0.2, 0) is 0 Å². The second-order valence-electron chi connectivity index (χ2n) is 6.12. The Balaban J connectivity index is 0.000000367. The van der Waals surface area contributed by atoms with Gasteiger partial charge in [-0.1, -0.05) is 18.2 Å². The van der Waals surface area contributed by atoms with Crippen molar-refractivity contribution in [3.8, 4) is 0 Å². The molecule has 0 saturated carbocycles. The molecule has 8 heteroatoms. The second-order valence-corrected chi connectivity index (χ2v) is 6.12. The predicted molar refractivity (Wildman–Crippen MR) is 110 cm³/mol. The average molecular weight is 369 g/mol. The highest BCUT2D eigenvalue weighted by Crippen LogP contribution is 2.14. The number of aromatic nitrogens is 2. The Bertz CT molecular complexity index is 940. The first-order valence-electron chi connectivity index (χ1n) is 8.45. The third-order valence-electron chi connectivity index (χ3n) is 3.94. The van der Waals surface area contributed by atoms with Crippen molar-refractivity contribution in [2.24, 2.45) is 11.6 Å². The number of hydrogen-bond acceptors (Lipinski definition) is 5. The number of fused-ring (bicyclic) bond motifs is 1. The molecule has 144 valence electrons. The number of anilines is 1. The Hall–Kier alpha value is -3.39. The van der Waals surface area contributed by atoms with Gasteiger partial charge in [0.05, 0.1) is 11.6 Å². The summed E-state index contributed by atoms with van der Waals surface area (Å²) in [6.07, 6.45) is 1.81. The molecule has 2 heterocycles. The molecule has 1 amide bonds. The number of hydrogen-bond donors (Lipinski definition) is 5. The van der Waals surface area contributed by atoms with Gasteiger partial charge in [0.1, 0.15) is 11.5 Å². The third-order valence-corrected chi connectivity index (χ3v) is 3.94. The van der Waals surface area contributed by atoms with Gasteiger partial charge in [0.15, 0.2) is 0 Å². The van der Waals surface area contributed by atoms with E-state index >= 15 is 0 Å². The molecule has 3 rings (SSSR count). The number of carbonyl (C=O) groups is 1. The van der Waals surface area contributed by atoms with E-state index in [1.54, 1.807) is 13.0 Å². The summed E-state index contributed by atoms with van der Waals surface area (Å²) in [5.74, 6) is 4.75. The van der Waals surface area contributed by atoms with Crippen LogP contribution in [-0.4, -0.2) is 27.2 Å². The lowest BCUT2D eigenvalue weighted by Gasteiger charge is -2.11. The summed E-state index contributed by atoms with van der Waals surface area (Å²) >= 11 is 0. The van der Waals surface area contributed by atoms with Gasteiger partial charge < -0.3 is 20.9 Å². The summed E-state index contributed by atoms with van der Waals surface area (Å²) in [6.45, 7) is 5.52. The Labute approximate surface area is 159 Å². The minimum absolute atomic E-state index is 0. The van der Waals surface area contributed by atoms with Gasteiger partial charge >= 0.3 is 0 Å². The van der Waals surface area contributed by atoms with Crippen LogP contribution in [0.5, 0.6) is 0 Å². The number of rotatable bonds is 4. The molecule has 0 aliphatic heterocycles. The average Bonchev–Trinajstić information content (AvgIpc) is 3.07. The molecular weight excluding hydrogens is 342 g/mol. The highest BCUT2D eigenvalue weighted by atomic mass is 16.1. The monoisotopic (exact) mass is 369 g/mol. The van der Waals surface area contributed by atoms with Crippen molar-refractivity contribution in [2.45, 2.75) is 26.8 Å². The van der Waals surface area contributed by atoms with Crippen LogP contribution >= 0.6 is 0 Å². The van der Waals surface area contributed by atoms with Gasteiger partial charge in [-0.3, -0.25) is 16.0 Å². The molecule has 3 aromatic rings. The number of benzene rings is 1. The molecule has 0 bridgehead atoms. The van der Waals surface area contributed by atoms with E-state index in [2.05, 4.69) is 15.7 Å². The lowest BCUT2D eigenvalue weighted by Crippen LogP contribution is -2.41. The van der Waals surface area contributed by atoms with Crippen LogP contribution in [0.25, 0.3) is 5.65 Å². The first-order chi connectivity index (χ1) is 12.8. The minimum Gasteiger partial charge on any atom is -0.386 e. The number of hydrazine groups is 1. The number of nitrogens with one attached hydrogen (secondary N) is 3. The van der Waals surface area contributed by atoms with Crippen LogP contribution in [0.4, 0.5) is 5.69 Å². The largest absolute Gasteiger partial charge is 0.386 e. The van der Waals surface area contributed by atoms with Gasteiger partial charge in [-0.2, -0.15) is 0 Å². The number of nitrogen functional groups attached to an aromatic ring is 1. The van der Waals surface area contributed by atoms with Crippen molar-refractivity contribution in [1.29, 1.82) is 5.41 Å². The Morgan fingerprint density at radius 2 is 1.93 bits per heavy atom. The smallest absolute Gasteiger partial charge is 0.255 e. The van der Waals surface area contributed by atoms with Crippen molar-refractivity contribution in [1.82, 2.24) is 14.7 Å². The molecule has 0 saturated heterocycles. The summed E-state index contributed by atoms with van der Waals surface area (Å²) in [6, 6.07) is 12.8. The molecule has 7 N–H and O–H groups in total. The van der Waals surface area contributed by atoms with Crippen LogP contribution in [0, 0.1) is 19.3 Å². The van der Waals surface area contributed by atoms with Crippen LogP contribution in [0.1, 0.15) is 30.1 Å². The van der Waals surface area contributed by atoms with E-state index in [9.17, 15) is 4.79 Å². The highest BCUT2D eigenvalue weighted by molar-refractivity contribution is 6.02. The van der Waals surface area contributed by atoms with Crippen molar-refractivity contribution < 1.29 is 6.22 Å². The summed E-state index contributed by atoms with van der Waals surface area (Å²) < 4.78 is 1.86. The van der Waals surface area contributed by atoms with E-state index in [1.807, 2.05) is 60.8 Å². The standard InChI is InChI=1S/C13H17N5O.C6H8N2.H2/c1-7-6-8(2)18-5-4-10(12(18)16-7)13(19)17-9(3)11(14)15;7-8-6-4-2-1-3-5-6;/h4-6,9H,1-3H3,(H3,14,15)(H,17,19);1-5,8H,7H2;1H. The molecule has 8 nitrogen and oxygen atoms in total. The SMILES string of the molecule is Cc1cc(C)n2ccc(C(=O)NC(C)C(=N)N)c2n1.NNc1ccccc1.[HH]. The van der Waals surface area contributed by atoms with E-state index in [0.29, 0.717) is 11.2 Å². The third kappa shape index (κ3) is 5.05. The van der Waals surface area contributed by atoms with E-state index in [0.717, 1.165) is 17.1 Å². The van der Waals surface area contributed by atoms with Crippen LogP contribution in [0.3, 0.4) is 0 Å². The number of amidine groups is 1. The zero-order valence-electron chi connectivity index (χ0n) is 15.7. The van der Waals surface area contributed by atoms with E-state index in [1.165, 1.54) is 0 Å². The van der Waals surface area contributed by atoms with Gasteiger partial charge in [0.2, 0.25) is 0 Å². The zero-order chi connectivity index (χ0) is 20.0. The van der Waals surface area contributed by atoms with E-state index < -0.39 is 6.04 Å². The van der Waals surface area contributed by atoms with Crippen molar-refractivity contribution in [2.75, 3.05) is 5.43 Å². The molecule has 2 aromatic heterocycles. The maximum absolute atomic E-state index is 12.1. The van der Waals surface area contributed by atoms with Crippen LogP contribution in [0.2, 0.25) is 0 Å². The highest BCUT2D eigenvalue weighted by Gasteiger charge is 2.16. The van der Waals surface area contributed by atoms with Crippen molar-refractivity contribution >= 4 is 23.1 Å². The van der Waals surface area contributed by atoms with Crippen molar-refractivity contribution in [3.63, 3.8) is 0 Å². The number of nitrogens with zero attached hydrogens (tertiary/aromatic N) is 2. The van der Waals surface area contributed by atoms with Gasteiger partial charge in [-0.15, -0.1) is 0 Å². The molecule has 0 fully saturated rings. The lowest BCUT2D eigenvalue weighted by molar-refractivity contribution is 0.0950. The first kappa shape index (κ1) is 19.9. The first-order valence-corrected chi connectivity index (χ1v) is 8.45. The number of nitrogens with two attached hydrogens (primary N) is 2. The molecule has 0 aliphatic carbocycles. The molecule has 0 radical (unpaired) electrons. The maximum atomic E-state index is 12.1. The maximum Gasteiger partial charge on any atom is 0.255 e. The molecule has 27 heavy (non-hydrogen) atoms. The second kappa shape index (κ2) is 8.81. The quantitative estimate of drug-likeness (QED) is 0.208. The summed E-state index contributed by atoms with van der Waals surface area (Å²) in [4.78, 5) is 16.5. The molecular formula is C19H27N7O. The minimum atomic E-state index is -0.492. The van der Waals surface area contributed by atoms with Crippen LogP contribution < -0.4 is 22.3 Å². The molecule has 0 spiro atoms. The van der Waals surface area contributed by atoms with E-state index in [-0.39, 0.29) is 13.2 Å². The number of aryl methyl sites for hydroxylation is 2. The Morgan fingerprint density at radius 1 is 1.26 bits per heavy atom. The Kier molecular flexibility index (Phi) is 6.51. The van der Waals surface area contributed by atoms with E-state index in [4.69, 9.17) is 17.0 Å². The summed E-state index contributed by atoms with van der Waals surface area (Å²) in [5.41, 5.74) is 11.8. The van der Waals surface area contributed by atoms with Crippen LogP contribution in [0.15, 0.2) is 48.7 Å². The summed E-state index contributed by atoms with van der Waals surface area (Å²) in [7, 11) is 0. The molecule has 0 aliphatic rings. The normalized spacial score (nSPS) is 11.3. The number of amides is 1. The van der Waals surface area contributed by atoms with Crippen molar-refractivity contribution in [3.05, 3.63) is 65.6 Å². The lowest BCUT2D eigenvalue weighted by atomic mass is 10.2. The molecule has 1 unspecified atom stereocenters. The zero-order valence-corrected chi connectivity index (χ0v) is 15.7.